The fourth-order valence-corrected chi connectivity index (χ4v) is 1.84. The molecular weight excluding hydrogens is 234 g/mol. The Labute approximate surface area is 105 Å². The standard InChI is InChI=1S/C11H15N5O2/c1-15-4-6-16(7-5-15)11(17)10-3-2-9(18-10)8-13-14-12/h2-3H,4-8H2,1H3. The maximum absolute atomic E-state index is 12.1. The number of furan rings is 1. The first kappa shape index (κ1) is 12.5. The van der Waals surface area contributed by atoms with Crippen LogP contribution in [0.5, 0.6) is 0 Å². The Morgan fingerprint density at radius 2 is 2.17 bits per heavy atom. The van der Waals surface area contributed by atoms with Gasteiger partial charge in [0.15, 0.2) is 5.76 Å². The Balaban J connectivity index is 2.00. The second-order valence-corrected chi connectivity index (χ2v) is 4.25. The smallest absolute Gasteiger partial charge is 0.289 e. The van der Waals surface area contributed by atoms with Crippen molar-refractivity contribution < 1.29 is 9.21 Å². The van der Waals surface area contributed by atoms with Crippen molar-refractivity contribution in [2.24, 2.45) is 5.11 Å². The third-order valence-electron chi connectivity index (χ3n) is 2.95. The van der Waals surface area contributed by atoms with Crippen LogP contribution in [0.25, 0.3) is 10.4 Å². The van der Waals surface area contributed by atoms with Gasteiger partial charge in [-0.1, -0.05) is 5.11 Å². The average Bonchev–Trinajstić information content (AvgIpc) is 2.85. The number of carbonyl (C=O) groups excluding carboxylic acids is 1. The zero-order valence-electron chi connectivity index (χ0n) is 10.2. The van der Waals surface area contributed by atoms with E-state index in [0.29, 0.717) is 24.6 Å². The molecule has 2 heterocycles. The molecule has 1 fully saturated rings. The van der Waals surface area contributed by atoms with E-state index in [-0.39, 0.29) is 12.5 Å². The van der Waals surface area contributed by atoms with Gasteiger partial charge in [0.2, 0.25) is 0 Å². The van der Waals surface area contributed by atoms with E-state index in [1.807, 2.05) is 7.05 Å². The third-order valence-corrected chi connectivity index (χ3v) is 2.95. The predicted octanol–water partition coefficient (Wildman–Crippen LogP) is 1.48. The summed E-state index contributed by atoms with van der Waals surface area (Å²) in [6.07, 6.45) is 0. The molecule has 7 heteroatoms. The van der Waals surface area contributed by atoms with Crippen molar-refractivity contribution in [1.82, 2.24) is 9.80 Å². The molecule has 2 rings (SSSR count). The van der Waals surface area contributed by atoms with Crippen LogP contribution in [0, 0.1) is 0 Å². The lowest BCUT2D eigenvalue weighted by Crippen LogP contribution is -2.47. The average molecular weight is 249 g/mol. The van der Waals surface area contributed by atoms with E-state index in [1.54, 1.807) is 17.0 Å². The van der Waals surface area contributed by atoms with Crippen LogP contribution < -0.4 is 0 Å². The van der Waals surface area contributed by atoms with Gasteiger partial charge in [-0.15, -0.1) is 0 Å². The van der Waals surface area contributed by atoms with Gasteiger partial charge in [-0.25, -0.2) is 0 Å². The van der Waals surface area contributed by atoms with Crippen molar-refractivity contribution in [3.8, 4) is 0 Å². The topological polar surface area (TPSA) is 85.5 Å². The molecule has 0 bridgehead atoms. The van der Waals surface area contributed by atoms with Gasteiger partial charge in [0.05, 0.1) is 6.54 Å². The Hall–Kier alpha value is -1.98. The van der Waals surface area contributed by atoms with Crippen molar-refractivity contribution in [2.75, 3.05) is 33.2 Å². The normalized spacial score (nSPS) is 16.4. The minimum atomic E-state index is -0.102. The van der Waals surface area contributed by atoms with Crippen LogP contribution in [0.2, 0.25) is 0 Å². The summed E-state index contributed by atoms with van der Waals surface area (Å²) in [5.74, 6) is 0.711. The summed E-state index contributed by atoms with van der Waals surface area (Å²) in [7, 11) is 2.03. The Kier molecular flexibility index (Phi) is 3.86. The molecule has 1 aliphatic rings. The number of carbonyl (C=O) groups is 1. The van der Waals surface area contributed by atoms with Crippen molar-refractivity contribution in [2.45, 2.75) is 6.54 Å². The second kappa shape index (κ2) is 5.57. The van der Waals surface area contributed by atoms with E-state index in [1.165, 1.54) is 0 Å². The van der Waals surface area contributed by atoms with Crippen LogP contribution in [0.15, 0.2) is 21.7 Å². The minimum Gasteiger partial charge on any atom is -0.456 e. The molecule has 7 nitrogen and oxygen atoms in total. The molecule has 1 aromatic rings. The molecule has 1 aromatic heterocycles. The maximum Gasteiger partial charge on any atom is 0.289 e. The van der Waals surface area contributed by atoms with Crippen LogP contribution in [0.1, 0.15) is 16.3 Å². The highest BCUT2D eigenvalue weighted by Crippen LogP contribution is 2.13. The van der Waals surface area contributed by atoms with Crippen molar-refractivity contribution >= 4 is 5.91 Å². The van der Waals surface area contributed by atoms with E-state index >= 15 is 0 Å². The monoisotopic (exact) mass is 249 g/mol. The lowest BCUT2D eigenvalue weighted by Gasteiger charge is -2.31. The van der Waals surface area contributed by atoms with Gasteiger partial charge < -0.3 is 14.2 Å². The summed E-state index contributed by atoms with van der Waals surface area (Å²) >= 11 is 0. The van der Waals surface area contributed by atoms with Crippen molar-refractivity contribution in [3.05, 3.63) is 34.1 Å². The number of nitrogens with zero attached hydrogens (tertiary/aromatic N) is 5. The minimum absolute atomic E-state index is 0.102. The number of hydrogen-bond acceptors (Lipinski definition) is 4. The Morgan fingerprint density at radius 3 is 2.83 bits per heavy atom. The van der Waals surface area contributed by atoms with E-state index in [4.69, 9.17) is 9.95 Å². The number of amides is 1. The third kappa shape index (κ3) is 2.82. The fourth-order valence-electron chi connectivity index (χ4n) is 1.84. The van der Waals surface area contributed by atoms with E-state index in [2.05, 4.69) is 14.9 Å². The molecule has 96 valence electrons. The van der Waals surface area contributed by atoms with E-state index in [0.717, 1.165) is 13.1 Å². The summed E-state index contributed by atoms with van der Waals surface area (Å²) < 4.78 is 5.36. The molecule has 1 amide bonds. The van der Waals surface area contributed by atoms with Crippen LogP contribution >= 0.6 is 0 Å². The van der Waals surface area contributed by atoms with Crippen LogP contribution in [-0.4, -0.2) is 48.9 Å². The summed E-state index contributed by atoms with van der Waals surface area (Å²) in [4.78, 5) is 18.7. The van der Waals surface area contributed by atoms with Gasteiger partial charge in [-0.3, -0.25) is 4.79 Å². The first-order valence-electron chi connectivity index (χ1n) is 5.78. The largest absolute Gasteiger partial charge is 0.456 e. The van der Waals surface area contributed by atoms with Crippen molar-refractivity contribution in [3.63, 3.8) is 0 Å². The van der Waals surface area contributed by atoms with E-state index in [9.17, 15) is 4.79 Å². The summed E-state index contributed by atoms with van der Waals surface area (Å²) in [5, 5.41) is 3.39. The first-order chi connectivity index (χ1) is 8.70. The molecule has 1 saturated heterocycles. The number of hydrogen-bond donors (Lipinski definition) is 0. The number of rotatable bonds is 3. The highest BCUT2D eigenvalue weighted by molar-refractivity contribution is 5.91. The van der Waals surface area contributed by atoms with Gasteiger partial charge in [-0.2, -0.15) is 0 Å². The molecule has 0 radical (unpaired) electrons. The summed E-state index contributed by atoms with van der Waals surface area (Å²) in [6, 6.07) is 3.29. The predicted molar refractivity (Wildman–Crippen MR) is 65.0 cm³/mol. The second-order valence-electron chi connectivity index (χ2n) is 4.25. The quantitative estimate of drug-likeness (QED) is 0.462. The lowest BCUT2D eigenvalue weighted by atomic mass is 10.3. The number of piperazine rings is 1. The Morgan fingerprint density at radius 1 is 1.44 bits per heavy atom. The molecule has 1 aliphatic heterocycles. The molecule has 0 atom stereocenters. The zero-order chi connectivity index (χ0) is 13.0. The molecule has 0 N–H and O–H groups in total. The maximum atomic E-state index is 12.1. The summed E-state index contributed by atoms with van der Waals surface area (Å²) in [5.41, 5.74) is 8.21. The molecular formula is C11H15N5O2. The number of azide groups is 1. The van der Waals surface area contributed by atoms with Crippen LogP contribution in [0.4, 0.5) is 0 Å². The summed E-state index contributed by atoms with van der Waals surface area (Å²) in [6.45, 7) is 3.30. The zero-order valence-corrected chi connectivity index (χ0v) is 10.2. The van der Waals surface area contributed by atoms with Gasteiger partial charge in [0, 0.05) is 31.1 Å². The molecule has 0 saturated carbocycles. The Bertz CT molecular complexity index is 470. The van der Waals surface area contributed by atoms with Gasteiger partial charge in [0.1, 0.15) is 5.76 Å². The molecule has 0 aromatic carbocycles. The first-order valence-corrected chi connectivity index (χ1v) is 5.78. The lowest BCUT2D eigenvalue weighted by molar-refractivity contribution is 0.0631. The van der Waals surface area contributed by atoms with Gasteiger partial charge in [0.25, 0.3) is 5.91 Å². The SMILES string of the molecule is CN1CCN(C(=O)c2ccc(CN=[N+]=[N-])o2)CC1. The van der Waals surface area contributed by atoms with Crippen molar-refractivity contribution in [1.29, 1.82) is 0 Å². The van der Waals surface area contributed by atoms with Crippen LogP contribution in [0.3, 0.4) is 0 Å². The van der Waals surface area contributed by atoms with Gasteiger partial charge >= 0.3 is 0 Å². The highest BCUT2D eigenvalue weighted by atomic mass is 16.4. The highest BCUT2D eigenvalue weighted by Gasteiger charge is 2.22. The molecule has 18 heavy (non-hydrogen) atoms. The molecule has 0 unspecified atom stereocenters. The van der Waals surface area contributed by atoms with Gasteiger partial charge in [-0.05, 0) is 24.7 Å². The number of likely N-dealkylation sites (N-methyl/N-ethyl adjacent to an activating group) is 1. The fraction of sp³-hybridized carbons (Fsp3) is 0.545. The molecule has 0 aliphatic carbocycles. The van der Waals surface area contributed by atoms with Crippen LogP contribution in [-0.2, 0) is 6.54 Å². The molecule has 0 spiro atoms. The van der Waals surface area contributed by atoms with E-state index < -0.39 is 0 Å².